The minimum Gasteiger partial charge on any atom is -0.338 e. The molecule has 0 bridgehead atoms. The maximum atomic E-state index is 12.6. The molecule has 3 aromatic rings. The lowest BCUT2D eigenvalue weighted by Crippen LogP contribution is -2.43. The SMILES string of the molecule is Cn1cc(C(=O)Nc2sc3c(c2C#N)CCN(C(=O)NCCc2ccccc2)C3)cn1. The molecular formula is C22H22N6O2S. The number of rotatable bonds is 5. The predicted molar refractivity (Wildman–Crippen MR) is 118 cm³/mol. The van der Waals surface area contributed by atoms with Crippen LogP contribution in [0.4, 0.5) is 9.80 Å². The monoisotopic (exact) mass is 434 g/mol. The van der Waals surface area contributed by atoms with Crippen molar-refractivity contribution >= 4 is 28.3 Å². The number of aromatic nitrogens is 2. The van der Waals surface area contributed by atoms with Gasteiger partial charge in [-0.2, -0.15) is 10.4 Å². The van der Waals surface area contributed by atoms with Gasteiger partial charge in [-0.05, 0) is 24.0 Å². The Morgan fingerprint density at radius 2 is 2.10 bits per heavy atom. The molecule has 2 N–H and O–H groups in total. The molecule has 9 heteroatoms. The fourth-order valence-corrected chi connectivity index (χ4v) is 4.78. The normalized spacial score (nSPS) is 12.7. The number of anilines is 1. The summed E-state index contributed by atoms with van der Waals surface area (Å²) < 4.78 is 1.55. The van der Waals surface area contributed by atoms with Crippen molar-refractivity contribution < 1.29 is 9.59 Å². The van der Waals surface area contributed by atoms with Gasteiger partial charge in [-0.1, -0.05) is 30.3 Å². The molecule has 0 aliphatic carbocycles. The van der Waals surface area contributed by atoms with Crippen molar-refractivity contribution in [1.82, 2.24) is 20.0 Å². The summed E-state index contributed by atoms with van der Waals surface area (Å²) in [6.07, 6.45) is 4.46. The number of hydrogen-bond donors (Lipinski definition) is 2. The second kappa shape index (κ2) is 9.02. The maximum absolute atomic E-state index is 12.6. The molecule has 158 valence electrons. The molecule has 31 heavy (non-hydrogen) atoms. The van der Waals surface area contributed by atoms with E-state index in [0.29, 0.717) is 42.2 Å². The van der Waals surface area contributed by atoms with Gasteiger partial charge in [-0.15, -0.1) is 11.3 Å². The molecule has 1 aromatic carbocycles. The molecule has 8 nitrogen and oxygen atoms in total. The number of hydrogen-bond acceptors (Lipinski definition) is 5. The third-order valence-corrected chi connectivity index (χ3v) is 6.31. The van der Waals surface area contributed by atoms with Crippen molar-refractivity contribution in [1.29, 1.82) is 5.26 Å². The lowest BCUT2D eigenvalue weighted by molar-refractivity contribution is 0.102. The van der Waals surface area contributed by atoms with Gasteiger partial charge in [-0.3, -0.25) is 9.48 Å². The Balaban J connectivity index is 1.40. The second-order valence-corrected chi connectivity index (χ2v) is 8.42. The number of aryl methyl sites for hydroxylation is 1. The highest BCUT2D eigenvalue weighted by Crippen LogP contribution is 2.36. The van der Waals surface area contributed by atoms with Gasteiger partial charge in [-0.25, -0.2) is 4.79 Å². The average Bonchev–Trinajstić information content (AvgIpc) is 3.36. The van der Waals surface area contributed by atoms with Gasteiger partial charge in [0.1, 0.15) is 11.1 Å². The number of thiophene rings is 1. The molecule has 0 saturated carbocycles. The Morgan fingerprint density at radius 1 is 1.29 bits per heavy atom. The van der Waals surface area contributed by atoms with E-state index in [1.165, 1.54) is 23.1 Å². The molecule has 1 aliphatic rings. The molecule has 3 heterocycles. The Labute approximate surface area is 184 Å². The molecule has 0 atom stereocenters. The van der Waals surface area contributed by atoms with Crippen LogP contribution in [0.25, 0.3) is 0 Å². The Kier molecular flexibility index (Phi) is 6.00. The smallest absolute Gasteiger partial charge is 0.317 e. The molecular weight excluding hydrogens is 412 g/mol. The van der Waals surface area contributed by atoms with Crippen molar-refractivity contribution in [2.45, 2.75) is 19.4 Å². The summed E-state index contributed by atoms with van der Waals surface area (Å²) in [6, 6.07) is 12.1. The fraction of sp³-hybridized carbons (Fsp3) is 0.273. The van der Waals surface area contributed by atoms with Crippen LogP contribution in [-0.4, -0.2) is 39.7 Å². The minimum absolute atomic E-state index is 0.116. The predicted octanol–water partition coefficient (Wildman–Crippen LogP) is 2.92. The summed E-state index contributed by atoms with van der Waals surface area (Å²) in [6.45, 7) is 1.52. The minimum atomic E-state index is -0.307. The number of nitrogens with zero attached hydrogens (tertiary/aromatic N) is 4. The number of nitrogens with one attached hydrogen (secondary N) is 2. The molecule has 4 rings (SSSR count). The van der Waals surface area contributed by atoms with Gasteiger partial charge in [0.15, 0.2) is 0 Å². The highest BCUT2D eigenvalue weighted by molar-refractivity contribution is 7.16. The standard InChI is InChI=1S/C22H22N6O2S/c1-27-13-16(12-25-27)20(29)26-21-18(11-23)17-8-10-28(14-19(17)31-21)22(30)24-9-7-15-5-3-2-4-6-15/h2-6,12-13H,7-10,14H2,1H3,(H,24,30)(H,26,29). The van der Waals surface area contributed by atoms with E-state index in [1.807, 2.05) is 30.3 Å². The van der Waals surface area contributed by atoms with E-state index in [9.17, 15) is 14.9 Å². The Bertz CT molecular complexity index is 1140. The van der Waals surface area contributed by atoms with Crippen molar-refractivity contribution in [2.24, 2.45) is 7.05 Å². The van der Waals surface area contributed by atoms with Crippen LogP contribution in [0.2, 0.25) is 0 Å². The summed E-state index contributed by atoms with van der Waals surface area (Å²) in [5, 5.41) is 20.0. The molecule has 0 spiro atoms. The van der Waals surface area contributed by atoms with Gasteiger partial charge in [0.2, 0.25) is 0 Å². The zero-order valence-corrected chi connectivity index (χ0v) is 17.9. The fourth-order valence-electron chi connectivity index (χ4n) is 3.57. The van der Waals surface area contributed by atoms with Gasteiger partial charge in [0, 0.05) is 31.2 Å². The molecule has 0 radical (unpaired) electrons. The summed E-state index contributed by atoms with van der Waals surface area (Å²) in [4.78, 5) is 27.8. The second-order valence-electron chi connectivity index (χ2n) is 7.32. The van der Waals surface area contributed by atoms with E-state index < -0.39 is 0 Å². The van der Waals surface area contributed by atoms with Crippen LogP contribution in [0.3, 0.4) is 0 Å². The highest BCUT2D eigenvalue weighted by Gasteiger charge is 2.27. The number of fused-ring (bicyclic) bond motifs is 1. The molecule has 3 amide bonds. The van der Waals surface area contributed by atoms with Crippen molar-refractivity contribution in [3.63, 3.8) is 0 Å². The van der Waals surface area contributed by atoms with E-state index in [-0.39, 0.29) is 11.9 Å². The van der Waals surface area contributed by atoms with E-state index in [1.54, 1.807) is 22.8 Å². The average molecular weight is 435 g/mol. The third kappa shape index (κ3) is 4.59. The maximum Gasteiger partial charge on any atom is 0.317 e. The lowest BCUT2D eigenvalue weighted by atomic mass is 10.0. The van der Waals surface area contributed by atoms with Crippen LogP contribution in [0.15, 0.2) is 42.7 Å². The molecule has 1 aliphatic heterocycles. The first-order chi connectivity index (χ1) is 15.0. The zero-order valence-electron chi connectivity index (χ0n) is 17.1. The number of carbonyl (C=O) groups is 2. The van der Waals surface area contributed by atoms with E-state index >= 15 is 0 Å². The summed E-state index contributed by atoms with van der Waals surface area (Å²) in [5.74, 6) is -0.307. The van der Waals surface area contributed by atoms with E-state index in [4.69, 9.17) is 0 Å². The number of amides is 3. The van der Waals surface area contributed by atoms with Gasteiger partial charge >= 0.3 is 6.03 Å². The van der Waals surface area contributed by atoms with Gasteiger partial charge < -0.3 is 15.5 Å². The van der Waals surface area contributed by atoms with Crippen LogP contribution >= 0.6 is 11.3 Å². The van der Waals surface area contributed by atoms with E-state index in [0.717, 1.165) is 16.9 Å². The van der Waals surface area contributed by atoms with Crippen LogP contribution < -0.4 is 10.6 Å². The van der Waals surface area contributed by atoms with Crippen LogP contribution in [-0.2, 0) is 26.4 Å². The lowest BCUT2D eigenvalue weighted by Gasteiger charge is -2.27. The Morgan fingerprint density at radius 3 is 2.81 bits per heavy atom. The molecule has 0 saturated heterocycles. The van der Waals surface area contributed by atoms with E-state index in [2.05, 4.69) is 21.8 Å². The molecule has 0 fully saturated rings. The quantitative estimate of drug-likeness (QED) is 0.644. The number of urea groups is 1. The van der Waals surface area contributed by atoms with Crippen LogP contribution in [0.5, 0.6) is 0 Å². The first-order valence-electron chi connectivity index (χ1n) is 9.96. The molecule has 2 aromatic heterocycles. The van der Waals surface area contributed by atoms with Crippen molar-refractivity contribution in [3.8, 4) is 6.07 Å². The highest BCUT2D eigenvalue weighted by atomic mass is 32.1. The summed E-state index contributed by atoms with van der Waals surface area (Å²) in [7, 11) is 1.74. The van der Waals surface area contributed by atoms with Gasteiger partial charge in [0.05, 0.1) is 23.9 Å². The van der Waals surface area contributed by atoms with Crippen LogP contribution in [0, 0.1) is 11.3 Å². The first-order valence-corrected chi connectivity index (χ1v) is 10.8. The van der Waals surface area contributed by atoms with Crippen molar-refractivity contribution in [3.05, 3.63) is 69.9 Å². The first kappa shape index (κ1) is 20.6. The summed E-state index contributed by atoms with van der Waals surface area (Å²) in [5.41, 5.74) is 3.01. The van der Waals surface area contributed by atoms with Crippen molar-refractivity contribution in [2.75, 3.05) is 18.4 Å². The number of nitriles is 1. The zero-order chi connectivity index (χ0) is 21.8. The topological polar surface area (TPSA) is 103 Å². The third-order valence-electron chi connectivity index (χ3n) is 5.18. The number of carbonyl (C=O) groups excluding carboxylic acids is 2. The van der Waals surface area contributed by atoms with Crippen LogP contribution in [0.1, 0.15) is 31.9 Å². The summed E-state index contributed by atoms with van der Waals surface area (Å²) >= 11 is 1.35. The van der Waals surface area contributed by atoms with Gasteiger partial charge in [0.25, 0.3) is 5.91 Å². The Hall–Kier alpha value is -3.64. The largest absolute Gasteiger partial charge is 0.338 e. The number of benzene rings is 1. The molecule has 0 unspecified atom stereocenters.